The van der Waals surface area contributed by atoms with Crippen LogP contribution in [0.25, 0.3) is 0 Å². The maximum atomic E-state index is 5.71. The topological polar surface area (TPSA) is 38.2 Å². The molecule has 1 saturated heterocycles. The van der Waals surface area contributed by atoms with Crippen molar-refractivity contribution in [2.75, 3.05) is 24.6 Å². The van der Waals surface area contributed by atoms with Crippen LogP contribution in [0.2, 0.25) is 5.15 Å². The van der Waals surface area contributed by atoms with Gasteiger partial charge in [-0.15, -0.1) is 10.2 Å². The SMILES string of the molecule is CC(C)[C@@H]1CN(c2ccc(Cl)nn2)CCO1. The molecule has 5 heteroatoms. The zero-order valence-corrected chi connectivity index (χ0v) is 10.3. The van der Waals surface area contributed by atoms with Gasteiger partial charge < -0.3 is 9.64 Å². The smallest absolute Gasteiger partial charge is 0.151 e. The lowest BCUT2D eigenvalue weighted by molar-refractivity contribution is 0.0111. The van der Waals surface area contributed by atoms with Gasteiger partial charge in [-0.05, 0) is 18.1 Å². The lowest BCUT2D eigenvalue weighted by Crippen LogP contribution is -2.45. The molecule has 0 spiro atoms. The predicted octanol–water partition coefficient (Wildman–Crippen LogP) is 1.99. The molecule has 0 bridgehead atoms. The first kappa shape index (κ1) is 11.6. The summed E-state index contributed by atoms with van der Waals surface area (Å²) in [4.78, 5) is 2.19. The third-order valence-corrected chi connectivity index (χ3v) is 2.98. The summed E-state index contributed by atoms with van der Waals surface area (Å²) >= 11 is 5.71. The number of ether oxygens (including phenoxy) is 1. The number of nitrogens with zero attached hydrogens (tertiary/aromatic N) is 3. The Morgan fingerprint density at radius 3 is 2.88 bits per heavy atom. The molecule has 1 atom stereocenters. The van der Waals surface area contributed by atoms with Crippen molar-refractivity contribution in [3.63, 3.8) is 0 Å². The van der Waals surface area contributed by atoms with Crippen molar-refractivity contribution in [3.8, 4) is 0 Å². The van der Waals surface area contributed by atoms with Crippen LogP contribution in [0.1, 0.15) is 13.8 Å². The Morgan fingerprint density at radius 2 is 2.25 bits per heavy atom. The van der Waals surface area contributed by atoms with Gasteiger partial charge in [0.05, 0.1) is 12.7 Å². The molecule has 1 aromatic heterocycles. The normalized spacial score (nSPS) is 21.5. The molecule has 2 rings (SSSR count). The van der Waals surface area contributed by atoms with Gasteiger partial charge in [-0.3, -0.25) is 0 Å². The fraction of sp³-hybridized carbons (Fsp3) is 0.636. The predicted molar refractivity (Wildman–Crippen MR) is 63.8 cm³/mol. The Labute approximate surface area is 101 Å². The minimum absolute atomic E-state index is 0.270. The van der Waals surface area contributed by atoms with Crippen molar-refractivity contribution in [2.45, 2.75) is 20.0 Å². The zero-order chi connectivity index (χ0) is 11.5. The maximum Gasteiger partial charge on any atom is 0.151 e. The molecule has 88 valence electrons. The van der Waals surface area contributed by atoms with E-state index in [-0.39, 0.29) is 6.10 Å². The van der Waals surface area contributed by atoms with Crippen molar-refractivity contribution in [2.24, 2.45) is 5.92 Å². The van der Waals surface area contributed by atoms with Crippen LogP contribution in [0.3, 0.4) is 0 Å². The van der Waals surface area contributed by atoms with Gasteiger partial charge in [0, 0.05) is 13.1 Å². The third-order valence-electron chi connectivity index (χ3n) is 2.78. The van der Waals surface area contributed by atoms with E-state index in [0.29, 0.717) is 11.1 Å². The second kappa shape index (κ2) is 4.97. The number of hydrogen-bond donors (Lipinski definition) is 0. The summed E-state index contributed by atoms with van der Waals surface area (Å²) < 4.78 is 5.70. The Kier molecular flexibility index (Phi) is 3.61. The summed E-state index contributed by atoms with van der Waals surface area (Å²) in [5.74, 6) is 1.39. The third kappa shape index (κ3) is 2.62. The van der Waals surface area contributed by atoms with Crippen molar-refractivity contribution < 1.29 is 4.74 Å². The number of rotatable bonds is 2. The molecular weight excluding hydrogens is 226 g/mol. The van der Waals surface area contributed by atoms with E-state index >= 15 is 0 Å². The van der Waals surface area contributed by atoms with E-state index < -0.39 is 0 Å². The molecule has 4 nitrogen and oxygen atoms in total. The molecule has 0 aliphatic carbocycles. The highest BCUT2D eigenvalue weighted by molar-refractivity contribution is 6.29. The van der Waals surface area contributed by atoms with Crippen LogP contribution in [-0.2, 0) is 4.74 Å². The van der Waals surface area contributed by atoms with Crippen molar-refractivity contribution in [1.29, 1.82) is 0 Å². The molecule has 1 aliphatic heterocycles. The monoisotopic (exact) mass is 241 g/mol. The van der Waals surface area contributed by atoms with Crippen molar-refractivity contribution in [1.82, 2.24) is 10.2 Å². The van der Waals surface area contributed by atoms with E-state index in [9.17, 15) is 0 Å². The minimum atomic E-state index is 0.270. The number of aromatic nitrogens is 2. The van der Waals surface area contributed by atoms with Gasteiger partial charge in [0.2, 0.25) is 0 Å². The van der Waals surface area contributed by atoms with E-state index in [2.05, 4.69) is 28.9 Å². The molecular formula is C11H16ClN3O. The average Bonchev–Trinajstić information content (AvgIpc) is 2.30. The first-order chi connectivity index (χ1) is 7.66. The van der Waals surface area contributed by atoms with E-state index in [0.717, 1.165) is 25.5 Å². The average molecular weight is 242 g/mol. The summed E-state index contributed by atoms with van der Waals surface area (Å²) in [5.41, 5.74) is 0. The number of anilines is 1. The van der Waals surface area contributed by atoms with E-state index in [4.69, 9.17) is 16.3 Å². The first-order valence-corrected chi connectivity index (χ1v) is 5.90. The van der Waals surface area contributed by atoms with Gasteiger partial charge in [0.1, 0.15) is 0 Å². The summed E-state index contributed by atoms with van der Waals surface area (Å²) in [6.45, 7) is 6.81. The van der Waals surface area contributed by atoms with Gasteiger partial charge >= 0.3 is 0 Å². The fourth-order valence-electron chi connectivity index (χ4n) is 1.76. The fourth-order valence-corrected chi connectivity index (χ4v) is 1.87. The second-order valence-corrected chi connectivity index (χ2v) is 4.70. The maximum absolute atomic E-state index is 5.71. The molecule has 0 radical (unpaired) electrons. The molecule has 16 heavy (non-hydrogen) atoms. The van der Waals surface area contributed by atoms with E-state index in [1.54, 1.807) is 6.07 Å². The van der Waals surface area contributed by atoms with E-state index in [1.165, 1.54) is 0 Å². The van der Waals surface area contributed by atoms with Crippen LogP contribution >= 0.6 is 11.6 Å². The Morgan fingerprint density at radius 1 is 1.44 bits per heavy atom. The second-order valence-electron chi connectivity index (χ2n) is 4.31. The Bertz CT molecular complexity index is 342. The summed E-state index contributed by atoms with van der Waals surface area (Å²) in [7, 11) is 0. The van der Waals surface area contributed by atoms with Gasteiger partial charge in [0.15, 0.2) is 11.0 Å². The van der Waals surface area contributed by atoms with Gasteiger partial charge in [0.25, 0.3) is 0 Å². The molecule has 0 N–H and O–H groups in total. The Hall–Kier alpha value is -0.870. The lowest BCUT2D eigenvalue weighted by Gasteiger charge is -2.35. The highest BCUT2D eigenvalue weighted by Crippen LogP contribution is 2.18. The summed E-state index contributed by atoms with van der Waals surface area (Å²) in [6, 6.07) is 3.67. The van der Waals surface area contributed by atoms with Gasteiger partial charge in [-0.1, -0.05) is 25.4 Å². The number of halogens is 1. The van der Waals surface area contributed by atoms with Crippen LogP contribution < -0.4 is 4.90 Å². The number of morpholine rings is 1. The highest BCUT2D eigenvalue weighted by Gasteiger charge is 2.23. The van der Waals surface area contributed by atoms with Crippen LogP contribution in [-0.4, -0.2) is 36.0 Å². The molecule has 1 aromatic rings. The minimum Gasteiger partial charge on any atom is -0.374 e. The van der Waals surface area contributed by atoms with Crippen molar-refractivity contribution in [3.05, 3.63) is 17.3 Å². The van der Waals surface area contributed by atoms with Crippen molar-refractivity contribution >= 4 is 17.4 Å². The molecule has 0 aromatic carbocycles. The molecule has 1 fully saturated rings. The number of hydrogen-bond acceptors (Lipinski definition) is 4. The van der Waals surface area contributed by atoms with Crippen LogP contribution in [0.15, 0.2) is 12.1 Å². The first-order valence-electron chi connectivity index (χ1n) is 5.52. The van der Waals surface area contributed by atoms with E-state index in [1.807, 2.05) is 6.07 Å². The zero-order valence-electron chi connectivity index (χ0n) is 9.56. The lowest BCUT2D eigenvalue weighted by atomic mass is 10.1. The van der Waals surface area contributed by atoms with Gasteiger partial charge in [-0.2, -0.15) is 0 Å². The molecule has 2 heterocycles. The molecule has 0 amide bonds. The van der Waals surface area contributed by atoms with Gasteiger partial charge in [-0.25, -0.2) is 0 Å². The van der Waals surface area contributed by atoms with Crippen LogP contribution in [0.4, 0.5) is 5.82 Å². The van der Waals surface area contributed by atoms with Crippen LogP contribution in [0.5, 0.6) is 0 Å². The summed E-state index contributed by atoms with van der Waals surface area (Å²) in [6.07, 6.45) is 0.270. The molecule has 0 unspecified atom stereocenters. The highest BCUT2D eigenvalue weighted by atomic mass is 35.5. The Balaban J connectivity index is 2.06. The molecule has 0 saturated carbocycles. The largest absolute Gasteiger partial charge is 0.374 e. The quantitative estimate of drug-likeness (QED) is 0.794. The van der Waals surface area contributed by atoms with Crippen LogP contribution in [0, 0.1) is 5.92 Å². The standard InChI is InChI=1S/C11H16ClN3O/c1-8(2)9-7-15(5-6-16-9)11-4-3-10(12)13-14-11/h3-4,8-9H,5-7H2,1-2H3/t9-/m0/s1. The summed E-state index contributed by atoms with van der Waals surface area (Å²) in [5, 5.41) is 8.37. The molecule has 1 aliphatic rings.